The van der Waals surface area contributed by atoms with Crippen LogP contribution in [0.1, 0.15) is 72.1 Å². The molecule has 0 aromatic carbocycles. The maximum atomic E-state index is 12.2. The Morgan fingerprint density at radius 1 is 1.05 bits per heavy atom. The summed E-state index contributed by atoms with van der Waals surface area (Å²) < 4.78 is 0. The van der Waals surface area contributed by atoms with Crippen LogP contribution in [0.4, 0.5) is 0 Å². The molecule has 3 heteroatoms. The molecule has 1 aliphatic carbocycles. The smallest absolute Gasteiger partial charge is 0.223 e. The lowest BCUT2D eigenvalue weighted by Crippen LogP contribution is -2.45. The second-order valence-electron chi connectivity index (χ2n) is 7.87. The Kier molecular flexibility index (Phi) is 5.11. The third kappa shape index (κ3) is 4.47. The van der Waals surface area contributed by atoms with E-state index in [0.717, 1.165) is 19.6 Å². The SMILES string of the molecule is CC(C)(C)NCCC(=O)N1CCC2(CCCCC2)CC1. The van der Waals surface area contributed by atoms with Crippen molar-refractivity contribution in [1.29, 1.82) is 0 Å². The van der Waals surface area contributed by atoms with Crippen molar-refractivity contribution in [2.45, 2.75) is 77.7 Å². The summed E-state index contributed by atoms with van der Waals surface area (Å²) in [6, 6.07) is 0. The van der Waals surface area contributed by atoms with Crippen molar-refractivity contribution in [3.8, 4) is 0 Å². The van der Waals surface area contributed by atoms with E-state index in [4.69, 9.17) is 0 Å². The van der Waals surface area contributed by atoms with Crippen molar-refractivity contribution in [3.63, 3.8) is 0 Å². The van der Waals surface area contributed by atoms with E-state index >= 15 is 0 Å². The second-order valence-corrected chi connectivity index (χ2v) is 7.87. The van der Waals surface area contributed by atoms with Crippen molar-refractivity contribution >= 4 is 5.91 Å². The van der Waals surface area contributed by atoms with Crippen LogP contribution in [-0.4, -0.2) is 36.0 Å². The van der Waals surface area contributed by atoms with Crippen molar-refractivity contribution in [1.82, 2.24) is 10.2 Å². The summed E-state index contributed by atoms with van der Waals surface area (Å²) in [5.41, 5.74) is 0.701. The predicted octanol–water partition coefficient (Wildman–Crippen LogP) is 3.34. The molecule has 1 amide bonds. The van der Waals surface area contributed by atoms with Gasteiger partial charge in [-0.2, -0.15) is 0 Å². The van der Waals surface area contributed by atoms with Crippen LogP contribution in [0.25, 0.3) is 0 Å². The first-order valence-corrected chi connectivity index (χ1v) is 8.43. The molecule has 3 nitrogen and oxygen atoms in total. The molecule has 1 spiro atoms. The van der Waals surface area contributed by atoms with E-state index in [-0.39, 0.29) is 5.54 Å². The van der Waals surface area contributed by atoms with Gasteiger partial charge in [-0.05, 0) is 51.9 Å². The summed E-state index contributed by atoms with van der Waals surface area (Å²) in [6.07, 6.45) is 10.2. The molecule has 1 N–H and O–H groups in total. The monoisotopic (exact) mass is 280 g/mol. The molecular weight excluding hydrogens is 248 g/mol. The molecule has 1 heterocycles. The van der Waals surface area contributed by atoms with E-state index < -0.39 is 0 Å². The summed E-state index contributed by atoms with van der Waals surface area (Å²) in [7, 11) is 0. The summed E-state index contributed by atoms with van der Waals surface area (Å²) >= 11 is 0. The normalized spacial score (nSPS) is 23.1. The number of amides is 1. The van der Waals surface area contributed by atoms with Crippen LogP contribution in [0.2, 0.25) is 0 Å². The van der Waals surface area contributed by atoms with Crippen molar-refractivity contribution < 1.29 is 4.79 Å². The zero-order valence-corrected chi connectivity index (χ0v) is 13.6. The highest BCUT2D eigenvalue weighted by Crippen LogP contribution is 2.44. The lowest BCUT2D eigenvalue weighted by atomic mass is 9.68. The van der Waals surface area contributed by atoms with E-state index in [1.807, 2.05) is 0 Å². The lowest BCUT2D eigenvalue weighted by molar-refractivity contribution is -0.133. The molecule has 116 valence electrons. The maximum Gasteiger partial charge on any atom is 0.223 e. The van der Waals surface area contributed by atoms with Gasteiger partial charge in [0.2, 0.25) is 5.91 Å². The van der Waals surface area contributed by atoms with Gasteiger partial charge in [0, 0.05) is 31.6 Å². The highest BCUT2D eigenvalue weighted by Gasteiger charge is 2.36. The van der Waals surface area contributed by atoms with Gasteiger partial charge in [0.15, 0.2) is 0 Å². The van der Waals surface area contributed by atoms with Crippen LogP contribution in [-0.2, 0) is 4.79 Å². The fraction of sp³-hybridized carbons (Fsp3) is 0.941. The largest absolute Gasteiger partial charge is 0.343 e. The molecule has 0 atom stereocenters. The van der Waals surface area contributed by atoms with Crippen LogP contribution in [0.15, 0.2) is 0 Å². The first-order valence-electron chi connectivity index (χ1n) is 8.43. The Morgan fingerprint density at radius 3 is 2.20 bits per heavy atom. The minimum absolute atomic E-state index is 0.105. The number of carbonyl (C=O) groups is 1. The van der Waals surface area contributed by atoms with E-state index in [0.29, 0.717) is 17.7 Å². The van der Waals surface area contributed by atoms with Gasteiger partial charge in [-0.15, -0.1) is 0 Å². The average Bonchev–Trinajstić information content (AvgIpc) is 2.39. The Hall–Kier alpha value is -0.570. The number of hydrogen-bond donors (Lipinski definition) is 1. The average molecular weight is 280 g/mol. The molecule has 0 aromatic heterocycles. The molecule has 0 unspecified atom stereocenters. The highest BCUT2D eigenvalue weighted by atomic mass is 16.2. The highest BCUT2D eigenvalue weighted by molar-refractivity contribution is 5.76. The second kappa shape index (κ2) is 6.46. The van der Waals surface area contributed by atoms with E-state index in [2.05, 4.69) is 31.0 Å². The molecule has 0 bridgehead atoms. The molecule has 1 saturated heterocycles. The van der Waals surface area contributed by atoms with E-state index in [9.17, 15) is 4.79 Å². The third-order valence-electron chi connectivity index (χ3n) is 5.09. The van der Waals surface area contributed by atoms with Gasteiger partial charge >= 0.3 is 0 Å². The number of rotatable bonds is 3. The molecule has 1 saturated carbocycles. The molecule has 2 fully saturated rings. The molecule has 20 heavy (non-hydrogen) atoms. The topological polar surface area (TPSA) is 32.3 Å². The Morgan fingerprint density at radius 2 is 1.65 bits per heavy atom. The first-order chi connectivity index (χ1) is 9.40. The number of nitrogens with one attached hydrogen (secondary N) is 1. The van der Waals surface area contributed by atoms with Crippen LogP contribution >= 0.6 is 0 Å². The Labute approximate surface area is 124 Å². The van der Waals surface area contributed by atoms with E-state index in [1.165, 1.54) is 44.9 Å². The molecule has 2 rings (SSSR count). The number of likely N-dealkylation sites (tertiary alicyclic amines) is 1. The van der Waals surface area contributed by atoms with Gasteiger partial charge in [0.25, 0.3) is 0 Å². The van der Waals surface area contributed by atoms with Crippen LogP contribution in [0.5, 0.6) is 0 Å². The van der Waals surface area contributed by atoms with Crippen LogP contribution in [0.3, 0.4) is 0 Å². The predicted molar refractivity (Wildman–Crippen MR) is 83.7 cm³/mol. The summed E-state index contributed by atoms with van der Waals surface area (Å²) in [6.45, 7) is 9.22. The molecule has 0 aromatic rings. The Bertz CT molecular complexity index is 316. The fourth-order valence-corrected chi connectivity index (χ4v) is 3.73. The number of hydrogen-bond acceptors (Lipinski definition) is 2. The van der Waals surface area contributed by atoms with Gasteiger partial charge in [-0.1, -0.05) is 19.3 Å². The van der Waals surface area contributed by atoms with Crippen LogP contribution in [0, 0.1) is 5.41 Å². The zero-order valence-electron chi connectivity index (χ0n) is 13.6. The summed E-state index contributed by atoms with van der Waals surface area (Å²) in [5, 5.41) is 3.40. The molecule has 2 aliphatic rings. The number of nitrogens with zero attached hydrogens (tertiary/aromatic N) is 1. The maximum absolute atomic E-state index is 12.2. The summed E-state index contributed by atoms with van der Waals surface area (Å²) in [4.78, 5) is 14.3. The first kappa shape index (κ1) is 15.8. The minimum Gasteiger partial charge on any atom is -0.343 e. The lowest BCUT2D eigenvalue weighted by Gasteiger charge is -2.44. The van der Waals surface area contributed by atoms with Crippen LogP contribution < -0.4 is 5.32 Å². The van der Waals surface area contributed by atoms with Gasteiger partial charge in [0.05, 0.1) is 0 Å². The van der Waals surface area contributed by atoms with Gasteiger partial charge in [-0.25, -0.2) is 0 Å². The number of carbonyl (C=O) groups excluding carboxylic acids is 1. The summed E-state index contributed by atoms with van der Waals surface area (Å²) in [5.74, 6) is 0.340. The molecule has 0 radical (unpaired) electrons. The van der Waals surface area contributed by atoms with Gasteiger partial charge in [-0.3, -0.25) is 4.79 Å². The van der Waals surface area contributed by atoms with Gasteiger partial charge in [0.1, 0.15) is 0 Å². The molecule has 1 aliphatic heterocycles. The Balaban J connectivity index is 1.71. The standard InChI is InChI=1S/C17H32N2O/c1-16(2,3)18-12-7-15(20)19-13-10-17(11-14-19)8-5-4-6-9-17/h18H,4-14H2,1-3H3. The number of piperidine rings is 1. The van der Waals surface area contributed by atoms with Gasteiger partial charge < -0.3 is 10.2 Å². The third-order valence-corrected chi connectivity index (χ3v) is 5.09. The van der Waals surface area contributed by atoms with Crippen molar-refractivity contribution in [3.05, 3.63) is 0 Å². The quantitative estimate of drug-likeness (QED) is 0.860. The van der Waals surface area contributed by atoms with E-state index in [1.54, 1.807) is 0 Å². The minimum atomic E-state index is 0.105. The van der Waals surface area contributed by atoms with Crippen molar-refractivity contribution in [2.24, 2.45) is 5.41 Å². The zero-order chi connectivity index (χ0) is 14.6. The fourth-order valence-electron chi connectivity index (χ4n) is 3.73. The van der Waals surface area contributed by atoms with Crippen molar-refractivity contribution in [2.75, 3.05) is 19.6 Å². The molecular formula is C17H32N2O.